The van der Waals surface area contributed by atoms with Crippen molar-refractivity contribution in [3.8, 4) is 12.1 Å². The SMILES string of the molecule is N#Cc1ccccc1.N#Cc1cccnc1. The lowest BCUT2D eigenvalue weighted by molar-refractivity contribution is 1.30. The van der Waals surface area contributed by atoms with Gasteiger partial charge in [0.25, 0.3) is 0 Å². The first kappa shape index (κ1) is 11.4. The van der Waals surface area contributed by atoms with E-state index in [1.807, 2.05) is 30.3 Å². The molecule has 0 atom stereocenters. The Hall–Kier alpha value is -2.65. The lowest BCUT2D eigenvalue weighted by atomic mass is 10.2. The summed E-state index contributed by atoms with van der Waals surface area (Å²) in [7, 11) is 0. The van der Waals surface area contributed by atoms with Gasteiger partial charge >= 0.3 is 0 Å². The Kier molecular flexibility index (Phi) is 4.82. The van der Waals surface area contributed by atoms with Crippen LogP contribution < -0.4 is 0 Å². The molecule has 0 aliphatic carbocycles. The van der Waals surface area contributed by atoms with Crippen molar-refractivity contribution >= 4 is 0 Å². The molecule has 0 fully saturated rings. The minimum Gasteiger partial charge on any atom is -0.263 e. The van der Waals surface area contributed by atoms with Crippen LogP contribution in [0.3, 0.4) is 0 Å². The molecule has 3 nitrogen and oxygen atoms in total. The highest BCUT2D eigenvalue weighted by Gasteiger charge is 1.81. The van der Waals surface area contributed by atoms with Gasteiger partial charge in [-0.2, -0.15) is 10.5 Å². The molecule has 2 rings (SSSR count). The highest BCUT2D eigenvalue weighted by molar-refractivity contribution is 5.27. The second-order valence-corrected chi connectivity index (χ2v) is 2.83. The van der Waals surface area contributed by atoms with Gasteiger partial charge in [-0.05, 0) is 24.3 Å². The zero-order valence-corrected chi connectivity index (χ0v) is 8.54. The standard InChI is InChI=1S/C7H5N.C6H4N2/c8-6-7-4-2-1-3-5-7;7-4-6-2-1-3-8-5-6/h1-5H;1-3,5H. The molecule has 2 aromatic rings. The summed E-state index contributed by atoms with van der Waals surface area (Å²) in [5, 5.41) is 16.5. The van der Waals surface area contributed by atoms with Gasteiger partial charge in [-0.25, -0.2) is 0 Å². The van der Waals surface area contributed by atoms with E-state index in [-0.39, 0.29) is 0 Å². The molecule has 16 heavy (non-hydrogen) atoms. The van der Waals surface area contributed by atoms with E-state index in [4.69, 9.17) is 10.5 Å². The van der Waals surface area contributed by atoms with Crippen molar-refractivity contribution < 1.29 is 0 Å². The molecule has 0 N–H and O–H groups in total. The fraction of sp³-hybridized carbons (Fsp3) is 0. The summed E-state index contributed by atoms with van der Waals surface area (Å²) in [4.78, 5) is 3.73. The van der Waals surface area contributed by atoms with Gasteiger partial charge < -0.3 is 0 Å². The highest BCUT2D eigenvalue weighted by Crippen LogP contribution is 1.93. The Labute approximate surface area is 94.2 Å². The maximum atomic E-state index is 8.29. The fourth-order valence-corrected chi connectivity index (χ4v) is 0.942. The summed E-state index contributed by atoms with van der Waals surface area (Å²) in [5.41, 5.74) is 1.32. The number of hydrogen-bond acceptors (Lipinski definition) is 3. The maximum absolute atomic E-state index is 8.29. The molecule has 1 aromatic heterocycles. The number of hydrogen-bond donors (Lipinski definition) is 0. The molecule has 0 saturated carbocycles. The number of rotatable bonds is 0. The smallest absolute Gasteiger partial charge is 0.101 e. The van der Waals surface area contributed by atoms with E-state index in [0.717, 1.165) is 0 Å². The average molecular weight is 207 g/mol. The molecular weight excluding hydrogens is 198 g/mol. The average Bonchev–Trinajstić information content (AvgIpc) is 2.41. The Balaban J connectivity index is 0.000000160. The normalized spacial score (nSPS) is 7.88. The van der Waals surface area contributed by atoms with Gasteiger partial charge in [0.15, 0.2) is 0 Å². The number of benzene rings is 1. The number of pyridine rings is 1. The fourth-order valence-electron chi connectivity index (χ4n) is 0.942. The highest BCUT2D eigenvalue weighted by atomic mass is 14.6. The van der Waals surface area contributed by atoms with Crippen LogP contribution in [0.25, 0.3) is 0 Å². The Morgan fingerprint density at radius 3 is 1.81 bits per heavy atom. The van der Waals surface area contributed by atoms with E-state index in [1.165, 1.54) is 6.20 Å². The van der Waals surface area contributed by atoms with Crippen molar-refractivity contribution in [2.45, 2.75) is 0 Å². The summed E-state index contributed by atoms with van der Waals surface area (Å²) >= 11 is 0. The van der Waals surface area contributed by atoms with Crippen LogP contribution >= 0.6 is 0 Å². The van der Waals surface area contributed by atoms with E-state index < -0.39 is 0 Å². The quantitative estimate of drug-likeness (QED) is 0.666. The molecule has 0 radical (unpaired) electrons. The Bertz CT molecular complexity index is 443. The third-order valence-electron chi connectivity index (χ3n) is 1.69. The Morgan fingerprint density at radius 1 is 0.812 bits per heavy atom. The number of nitriles is 2. The molecule has 0 aliphatic heterocycles. The number of aromatic nitrogens is 1. The minimum absolute atomic E-state index is 0.604. The number of nitrogens with zero attached hydrogens (tertiary/aromatic N) is 3. The molecule has 0 saturated heterocycles. The van der Waals surface area contributed by atoms with Gasteiger partial charge in [0.05, 0.1) is 17.2 Å². The predicted molar refractivity (Wildman–Crippen MR) is 60.1 cm³/mol. The minimum atomic E-state index is 0.604. The summed E-state index contributed by atoms with van der Waals surface area (Å²) < 4.78 is 0. The molecule has 76 valence electrons. The van der Waals surface area contributed by atoms with Gasteiger partial charge in [0, 0.05) is 12.4 Å². The summed E-state index contributed by atoms with van der Waals surface area (Å²) in [6, 6.07) is 16.6. The maximum Gasteiger partial charge on any atom is 0.101 e. The summed E-state index contributed by atoms with van der Waals surface area (Å²) in [6.45, 7) is 0. The van der Waals surface area contributed by atoms with Crippen LogP contribution in [0.5, 0.6) is 0 Å². The lowest BCUT2D eigenvalue weighted by Gasteiger charge is -1.80. The van der Waals surface area contributed by atoms with Gasteiger partial charge in [-0.1, -0.05) is 18.2 Å². The van der Waals surface area contributed by atoms with Crippen molar-refractivity contribution in [1.29, 1.82) is 10.5 Å². The van der Waals surface area contributed by atoms with Crippen LogP contribution in [0.15, 0.2) is 54.9 Å². The molecule has 0 bridgehead atoms. The molecule has 3 heteroatoms. The summed E-state index contributed by atoms with van der Waals surface area (Å²) in [5.74, 6) is 0. The van der Waals surface area contributed by atoms with Crippen molar-refractivity contribution in [3.63, 3.8) is 0 Å². The third-order valence-corrected chi connectivity index (χ3v) is 1.69. The van der Waals surface area contributed by atoms with Crippen LogP contribution in [0.1, 0.15) is 11.1 Å². The monoisotopic (exact) mass is 207 g/mol. The van der Waals surface area contributed by atoms with Crippen LogP contribution in [0.4, 0.5) is 0 Å². The molecule has 1 aromatic carbocycles. The van der Waals surface area contributed by atoms with Gasteiger partial charge in [0.1, 0.15) is 6.07 Å². The van der Waals surface area contributed by atoms with Gasteiger partial charge in [-0.15, -0.1) is 0 Å². The first-order valence-corrected chi connectivity index (χ1v) is 4.62. The predicted octanol–water partition coefficient (Wildman–Crippen LogP) is 2.51. The van der Waals surface area contributed by atoms with E-state index in [0.29, 0.717) is 11.1 Å². The molecule has 1 heterocycles. The van der Waals surface area contributed by atoms with Crippen LogP contribution in [-0.4, -0.2) is 4.98 Å². The van der Waals surface area contributed by atoms with Gasteiger partial charge in [-0.3, -0.25) is 4.98 Å². The second-order valence-electron chi connectivity index (χ2n) is 2.83. The van der Waals surface area contributed by atoms with Crippen LogP contribution in [-0.2, 0) is 0 Å². The molecule has 0 amide bonds. The van der Waals surface area contributed by atoms with Crippen LogP contribution in [0, 0.1) is 22.7 Å². The first-order valence-electron chi connectivity index (χ1n) is 4.62. The molecule has 0 aliphatic rings. The lowest BCUT2D eigenvalue weighted by Crippen LogP contribution is -1.72. The van der Waals surface area contributed by atoms with E-state index in [9.17, 15) is 0 Å². The third kappa shape index (κ3) is 4.04. The topological polar surface area (TPSA) is 60.5 Å². The van der Waals surface area contributed by atoms with Crippen molar-refractivity contribution in [1.82, 2.24) is 4.98 Å². The van der Waals surface area contributed by atoms with Crippen molar-refractivity contribution in [3.05, 3.63) is 66.0 Å². The molecular formula is C13H9N3. The molecule has 0 spiro atoms. The zero-order chi connectivity index (χ0) is 11.6. The zero-order valence-electron chi connectivity index (χ0n) is 8.54. The van der Waals surface area contributed by atoms with E-state index >= 15 is 0 Å². The largest absolute Gasteiger partial charge is 0.263 e. The Morgan fingerprint density at radius 2 is 1.44 bits per heavy atom. The second kappa shape index (κ2) is 6.75. The summed E-state index contributed by atoms with van der Waals surface area (Å²) in [6.07, 6.45) is 3.17. The van der Waals surface area contributed by atoms with Crippen molar-refractivity contribution in [2.24, 2.45) is 0 Å². The van der Waals surface area contributed by atoms with Gasteiger partial charge in [0.2, 0.25) is 0 Å². The van der Waals surface area contributed by atoms with Crippen LogP contribution in [0.2, 0.25) is 0 Å². The van der Waals surface area contributed by atoms with E-state index in [2.05, 4.69) is 4.98 Å². The molecule has 0 unspecified atom stereocenters. The first-order chi connectivity index (χ1) is 7.86. The van der Waals surface area contributed by atoms with Crippen molar-refractivity contribution in [2.75, 3.05) is 0 Å². The van der Waals surface area contributed by atoms with E-state index in [1.54, 1.807) is 30.5 Å².